The van der Waals surface area contributed by atoms with Crippen LogP contribution in [0, 0.1) is 6.92 Å². The number of allylic oxidation sites excluding steroid dienone is 1. The zero-order valence-corrected chi connectivity index (χ0v) is 19.1. The fraction of sp³-hybridized carbons (Fsp3) is 0.130. The molecule has 4 rings (SSSR count). The summed E-state index contributed by atoms with van der Waals surface area (Å²) in [5.74, 6) is 0.749. The lowest BCUT2D eigenvalue weighted by Crippen LogP contribution is -2.22. The zero-order chi connectivity index (χ0) is 20.4. The molecule has 6 heteroatoms. The Balaban J connectivity index is 1.76. The summed E-state index contributed by atoms with van der Waals surface area (Å²) in [6, 6.07) is 16.5. The number of halogens is 1. The average molecular weight is 483 g/mol. The SMILES string of the molecule is C=CCn1c(SCc2ccc(Br)cc2)nc2scc(-c3ccc(C)cc3)c2c1=O. The Labute approximate surface area is 186 Å². The van der Waals surface area contributed by atoms with E-state index in [1.807, 2.05) is 17.5 Å². The molecule has 0 atom stereocenters. The summed E-state index contributed by atoms with van der Waals surface area (Å²) < 4.78 is 2.78. The smallest absolute Gasteiger partial charge is 0.263 e. The first-order valence-electron chi connectivity index (χ1n) is 9.14. The summed E-state index contributed by atoms with van der Waals surface area (Å²) in [6.45, 7) is 6.32. The number of benzene rings is 2. The Kier molecular flexibility index (Phi) is 6.04. The number of fused-ring (bicyclic) bond motifs is 1. The van der Waals surface area contributed by atoms with Gasteiger partial charge >= 0.3 is 0 Å². The topological polar surface area (TPSA) is 34.9 Å². The van der Waals surface area contributed by atoms with Gasteiger partial charge in [-0.2, -0.15) is 0 Å². The van der Waals surface area contributed by atoms with Gasteiger partial charge in [-0.3, -0.25) is 9.36 Å². The van der Waals surface area contributed by atoms with Gasteiger partial charge in [0.25, 0.3) is 5.56 Å². The van der Waals surface area contributed by atoms with Gasteiger partial charge in [0.1, 0.15) is 4.83 Å². The van der Waals surface area contributed by atoms with Gasteiger partial charge in [0.05, 0.1) is 5.39 Å². The van der Waals surface area contributed by atoms with E-state index < -0.39 is 0 Å². The Morgan fingerprint density at radius 3 is 2.59 bits per heavy atom. The summed E-state index contributed by atoms with van der Waals surface area (Å²) in [5.41, 5.74) is 4.36. The van der Waals surface area contributed by atoms with Gasteiger partial charge in [0, 0.05) is 27.7 Å². The molecule has 0 spiro atoms. The van der Waals surface area contributed by atoms with E-state index in [-0.39, 0.29) is 5.56 Å². The summed E-state index contributed by atoms with van der Waals surface area (Å²) in [6.07, 6.45) is 1.75. The highest BCUT2D eigenvalue weighted by Crippen LogP contribution is 2.33. The van der Waals surface area contributed by atoms with E-state index in [1.165, 1.54) is 22.5 Å². The molecule has 3 nitrogen and oxygen atoms in total. The molecule has 0 bridgehead atoms. The maximum atomic E-state index is 13.4. The quantitative estimate of drug-likeness (QED) is 0.174. The molecule has 0 fully saturated rings. The Morgan fingerprint density at radius 2 is 1.90 bits per heavy atom. The molecule has 29 heavy (non-hydrogen) atoms. The van der Waals surface area contributed by atoms with Crippen LogP contribution in [-0.2, 0) is 12.3 Å². The lowest BCUT2D eigenvalue weighted by atomic mass is 10.1. The molecule has 0 amide bonds. The highest BCUT2D eigenvalue weighted by Gasteiger charge is 2.17. The van der Waals surface area contributed by atoms with Gasteiger partial charge in [-0.15, -0.1) is 17.9 Å². The normalized spacial score (nSPS) is 11.1. The maximum Gasteiger partial charge on any atom is 0.263 e. The van der Waals surface area contributed by atoms with Crippen molar-refractivity contribution in [3.05, 3.63) is 92.5 Å². The second-order valence-electron chi connectivity index (χ2n) is 6.71. The van der Waals surface area contributed by atoms with Crippen LogP contribution in [0.4, 0.5) is 0 Å². The molecule has 0 unspecified atom stereocenters. The van der Waals surface area contributed by atoms with E-state index in [9.17, 15) is 4.79 Å². The first kappa shape index (κ1) is 20.1. The summed E-state index contributed by atoms with van der Waals surface area (Å²) in [5, 5.41) is 3.45. The van der Waals surface area contributed by atoms with Crippen LogP contribution in [0.1, 0.15) is 11.1 Å². The highest BCUT2D eigenvalue weighted by molar-refractivity contribution is 9.10. The van der Waals surface area contributed by atoms with Crippen LogP contribution in [-0.4, -0.2) is 9.55 Å². The molecule has 2 aromatic heterocycles. The number of thioether (sulfide) groups is 1. The van der Waals surface area contributed by atoms with E-state index in [0.717, 1.165) is 31.3 Å². The number of rotatable bonds is 6. The molecule has 0 saturated carbocycles. The zero-order valence-electron chi connectivity index (χ0n) is 15.9. The van der Waals surface area contributed by atoms with Gasteiger partial charge in [0.2, 0.25) is 0 Å². The van der Waals surface area contributed by atoms with Gasteiger partial charge in [-0.05, 0) is 30.2 Å². The lowest BCUT2D eigenvalue weighted by molar-refractivity contribution is 0.673. The number of nitrogens with zero attached hydrogens (tertiary/aromatic N) is 2. The predicted octanol–water partition coefficient (Wildman–Crippen LogP) is 6.67. The van der Waals surface area contributed by atoms with Crippen molar-refractivity contribution in [3.8, 4) is 11.1 Å². The van der Waals surface area contributed by atoms with Gasteiger partial charge in [-0.25, -0.2) is 4.98 Å². The largest absolute Gasteiger partial charge is 0.283 e. The number of aromatic nitrogens is 2. The second-order valence-corrected chi connectivity index (χ2v) is 9.43. The van der Waals surface area contributed by atoms with E-state index in [0.29, 0.717) is 11.9 Å². The van der Waals surface area contributed by atoms with E-state index in [2.05, 4.69) is 65.8 Å². The minimum absolute atomic E-state index is 0.00923. The molecule has 4 aromatic rings. The Morgan fingerprint density at radius 1 is 1.17 bits per heavy atom. The molecular formula is C23H19BrN2OS2. The van der Waals surface area contributed by atoms with Crippen LogP contribution in [0.25, 0.3) is 21.3 Å². The molecular weight excluding hydrogens is 464 g/mol. The van der Waals surface area contributed by atoms with Crippen molar-refractivity contribution in [2.45, 2.75) is 24.4 Å². The van der Waals surface area contributed by atoms with Crippen LogP contribution in [0.3, 0.4) is 0 Å². The standard InChI is InChI=1S/C23H19BrN2OS2/c1-3-12-26-22(27)20-19(17-8-4-15(2)5-9-17)14-28-21(20)25-23(26)29-13-16-6-10-18(24)11-7-16/h3-11,14H,1,12-13H2,2H3. The lowest BCUT2D eigenvalue weighted by Gasteiger charge is -2.11. The third-order valence-electron chi connectivity index (χ3n) is 4.61. The molecule has 0 saturated heterocycles. The van der Waals surface area contributed by atoms with Gasteiger partial charge < -0.3 is 0 Å². The average Bonchev–Trinajstić information content (AvgIpc) is 3.15. The molecule has 146 valence electrons. The Bertz CT molecular complexity index is 1220. The predicted molar refractivity (Wildman–Crippen MR) is 128 cm³/mol. The fourth-order valence-electron chi connectivity index (χ4n) is 3.08. The summed E-state index contributed by atoms with van der Waals surface area (Å²) >= 11 is 6.56. The second kappa shape index (κ2) is 8.69. The monoisotopic (exact) mass is 482 g/mol. The van der Waals surface area contributed by atoms with Crippen molar-refractivity contribution in [1.82, 2.24) is 9.55 Å². The molecule has 2 heterocycles. The minimum atomic E-state index is -0.00923. The molecule has 0 N–H and O–H groups in total. The van der Waals surface area contributed by atoms with E-state index >= 15 is 0 Å². The number of thiophene rings is 1. The Hall–Kier alpha value is -2.15. The molecule has 0 aliphatic heterocycles. The molecule has 0 aliphatic carbocycles. The van der Waals surface area contributed by atoms with Crippen molar-refractivity contribution in [1.29, 1.82) is 0 Å². The van der Waals surface area contributed by atoms with Crippen LogP contribution < -0.4 is 5.56 Å². The van der Waals surface area contributed by atoms with Gasteiger partial charge in [-0.1, -0.05) is 75.7 Å². The van der Waals surface area contributed by atoms with Crippen LogP contribution in [0.5, 0.6) is 0 Å². The third-order valence-corrected chi connectivity index (χ3v) is 7.06. The van der Waals surface area contributed by atoms with Crippen LogP contribution in [0.2, 0.25) is 0 Å². The van der Waals surface area contributed by atoms with Gasteiger partial charge in [0.15, 0.2) is 5.16 Å². The summed E-state index contributed by atoms with van der Waals surface area (Å²) in [4.78, 5) is 19.0. The number of hydrogen-bond acceptors (Lipinski definition) is 4. The first-order chi connectivity index (χ1) is 14.1. The van der Waals surface area contributed by atoms with E-state index in [1.54, 1.807) is 22.4 Å². The summed E-state index contributed by atoms with van der Waals surface area (Å²) in [7, 11) is 0. The molecule has 0 aliphatic rings. The minimum Gasteiger partial charge on any atom is -0.283 e. The molecule has 2 aromatic carbocycles. The van der Waals surface area contributed by atoms with Crippen LogP contribution >= 0.6 is 39.0 Å². The van der Waals surface area contributed by atoms with Crippen molar-refractivity contribution < 1.29 is 0 Å². The van der Waals surface area contributed by atoms with Crippen molar-refractivity contribution >= 4 is 49.2 Å². The van der Waals surface area contributed by atoms with E-state index in [4.69, 9.17) is 4.98 Å². The molecule has 0 radical (unpaired) electrons. The fourth-order valence-corrected chi connectivity index (χ4v) is 5.30. The number of hydrogen-bond donors (Lipinski definition) is 0. The van der Waals surface area contributed by atoms with Crippen molar-refractivity contribution in [2.75, 3.05) is 0 Å². The maximum absolute atomic E-state index is 13.4. The van der Waals surface area contributed by atoms with Crippen molar-refractivity contribution in [2.24, 2.45) is 0 Å². The highest BCUT2D eigenvalue weighted by atomic mass is 79.9. The van der Waals surface area contributed by atoms with Crippen LogP contribution in [0.15, 0.2) is 81.0 Å². The first-order valence-corrected chi connectivity index (χ1v) is 11.8. The third kappa shape index (κ3) is 4.25. The number of aryl methyl sites for hydroxylation is 1. The van der Waals surface area contributed by atoms with Crippen molar-refractivity contribution in [3.63, 3.8) is 0 Å².